The number of carbonyl (C=O) groups excluding carboxylic acids is 1. The predicted molar refractivity (Wildman–Crippen MR) is 55.6 cm³/mol. The molecule has 0 amide bonds. The summed E-state index contributed by atoms with van der Waals surface area (Å²) in [5, 5.41) is 18.4. The molecule has 6 nitrogen and oxygen atoms in total. The standard InChI is InChI=1S/C9H14O6S/c1-7(10)4-5-9(3,12)6-16(13,14)15-8(2)11/h7,10,12H,6H2,1-3H3. The molecule has 0 rings (SSSR count). The molecular weight excluding hydrogens is 236 g/mol. The molecule has 0 bridgehead atoms. The van der Waals surface area contributed by atoms with Crippen LogP contribution in [-0.4, -0.2) is 42.1 Å². The highest BCUT2D eigenvalue weighted by Crippen LogP contribution is 2.08. The van der Waals surface area contributed by atoms with Crippen LogP contribution in [0, 0.1) is 11.8 Å². The van der Waals surface area contributed by atoms with Crippen LogP contribution in [0.5, 0.6) is 0 Å². The number of hydrogen-bond acceptors (Lipinski definition) is 6. The first-order chi connectivity index (χ1) is 7.04. The van der Waals surface area contributed by atoms with E-state index in [0.29, 0.717) is 0 Å². The molecule has 0 saturated heterocycles. The van der Waals surface area contributed by atoms with Crippen molar-refractivity contribution in [1.82, 2.24) is 0 Å². The fourth-order valence-corrected chi connectivity index (χ4v) is 2.03. The van der Waals surface area contributed by atoms with E-state index in [2.05, 4.69) is 16.0 Å². The zero-order valence-electron chi connectivity index (χ0n) is 9.22. The first kappa shape index (κ1) is 14.9. The first-order valence-electron chi connectivity index (χ1n) is 4.40. The van der Waals surface area contributed by atoms with E-state index >= 15 is 0 Å². The van der Waals surface area contributed by atoms with Crippen LogP contribution < -0.4 is 0 Å². The first-order valence-corrected chi connectivity index (χ1v) is 5.98. The smallest absolute Gasteiger partial charge is 0.319 e. The largest absolute Gasteiger partial charge is 0.381 e. The number of aliphatic hydroxyl groups excluding tert-OH is 1. The van der Waals surface area contributed by atoms with Crippen LogP contribution in [0.25, 0.3) is 0 Å². The molecule has 0 aromatic carbocycles. The zero-order valence-corrected chi connectivity index (χ0v) is 10.0. The predicted octanol–water partition coefficient (Wildman–Crippen LogP) is -0.985. The second kappa shape index (κ2) is 5.30. The highest BCUT2D eigenvalue weighted by atomic mass is 32.2. The molecule has 92 valence electrons. The lowest BCUT2D eigenvalue weighted by atomic mass is 10.1. The molecule has 0 spiro atoms. The average molecular weight is 250 g/mol. The lowest BCUT2D eigenvalue weighted by Gasteiger charge is -2.15. The Morgan fingerprint density at radius 2 is 2.06 bits per heavy atom. The van der Waals surface area contributed by atoms with E-state index in [-0.39, 0.29) is 0 Å². The average Bonchev–Trinajstić information content (AvgIpc) is 1.95. The lowest BCUT2D eigenvalue weighted by Crippen LogP contribution is -2.34. The summed E-state index contributed by atoms with van der Waals surface area (Å²) >= 11 is 0. The van der Waals surface area contributed by atoms with Crippen LogP contribution in [0.4, 0.5) is 0 Å². The van der Waals surface area contributed by atoms with Crippen molar-refractivity contribution in [2.75, 3.05) is 5.75 Å². The Morgan fingerprint density at radius 3 is 2.44 bits per heavy atom. The van der Waals surface area contributed by atoms with E-state index in [4.69, 9.17) is 5.11 Å². The van der Waals surface area contributed by atoms with Crippen molar-refractivity contribution in [1.29, 1.82) is 0 Å². The molecule has 7 heteroatoms. The molecular formula is C9H14O6S. The minimum absolute atomic E-state index is 0.848. The Balaban J connectivity index is 4.73. The fraction of sp³-hybridized carbons (Fsp3) is 0.667. The van der Waals surface area contributed by atoms with E-state index < -0.39 is 33.5 Å². The van der Waals surface area contributed by atoms with Crippen molar-refractivity contribution in [3.63, 3.8) is 0 Å². The van der Waals surface area contributed by atoms with Gasteiger partial charge in [-0.2, -0.15) is 8.42 Å². The van der Waals surface area contributed by atoms with E-state index in [1.165, 1.54) is 6.92 Å². The molecule has 0 aromatic heterocycles. The van der Waals surface area contributed by atoms with Crippen molar-refractivity contribution in [2.45, 2.75) is 32.5 Å². The second-order valence-corrected chi connectivity index (χ2v) is 5.07. The van der Waals surface area contributed by atoms with Crippen LogP contribution in [0.1, 0.15) is 20.8 Å². The van der Waals surface area contributed by atoms with Crippen LogP contribution in [0.3, 0.4) is 0 Å². The SMILES string of the molecule is CC(=O)OS(=O)(=O)CC(C)(O)C#CC(C)O. The minimum Gasteiger partial charge on any atom is -0.381 e. The molecule has 0 aromatic rings. The van der Waals surface area contributed by atoms with E-state index in [9.17, 15) is 18.3 Å². The maximum atomic E-state index is 11.2. The van der Waals surface area contributed by atoms with Gasteiger partial charge in [0, 0.05) is 6.92 Å². The summed E-state index contributed by atoms with van der Waals surface area (Å²) in [4.78, 5) is 10.5. The van der Waals surface area contributed by atoms with Crippen LogP contribution in [0.15, 0.2) is 0 Å². The Kier molecular flexibility index (Phi) is 4.93. The van der Waals surface area contributed by atoms with Gasteiger partial charge in [0.15, 0.2) is 0 Å². The van der Waals surface area contributed by atoms with Gasteiger partial charge in [-0.1, -0.05) is 11.8 Å². The van der Waals surface area contributed by atoms with Gasteiger partial charge in [-0.3, -0.25) is 4.79 Å². The van der Waals surface area contributed by atoms with Crippen LogP contribution in [0.2, 0.25) is 0 Å². The summed E-state index contributed by atoms with van der Waals surface area (Å²) in [6.07, 6.45) is -0.983. The zero-order chi connectivity index (χ0) is 13.0. The van der Waals surface area contributed by atoms with Gasteiger partial charge in [-0.05, 0) is 13.8 Å². The summed E-state index contributed by atoms with van der Waals surface area (Å²) in [6, 6.07) is 0. The maximum absolute atomic E-state index is 11.2. The number of rotatable bonds is 3. The summed E-state index contributed by atoms with van der Waals surface area (Å²) in [7, 11) is -4.17. The van der Waals surface area contributed by atoms with Crippen molar-refractivity contribution in [3.8, 4) is 11.8 Å². The minimum atomic E-state index is -4.17. The van der Waals surface area contributed by atoms with Crippen molar-refractivity contribution >= 4 is 16.1 Å². The highest BCUT2D eigenvalue weighted by molar-refractivity contribution is 7.87. The Hall–Kier alpha value is -1.10. The second-order valence-electron chi connectivity index (χ2n) is 3.50. The van der Waals surface area contributed by atoms with Crippen molar-refractivity contribution in [2.24, 2.45) is 0 Å². The Labute approximate surface area is 94.4 Å². The summed E-state index contributed by atoms with van der Waals surface area (Å²) < 4.78 is 26.4. The number of hydrogen-bond donors (Lipinski definition) is 2. The summed E-state index contributed by atoms with van der Waals surface area (Å²) in [5.41, 5.74) is -1.88. The normalized spacial score (nSPS) is 16.6. The van der Waals surface area contributed by atoms with Gasteiger partial charge >= 0.3 is 16.1 Å². The van der Waals surface area contributed by atoms with Gasteiger partial charge in [0.25, 0.3) is 0 Å². The van der Waals surface area contributed by atoms with Gasteiger partial charge in [0.05, 0.1) is 0 Å². The van der Waals surface area contributed by atoms with Gasteiger partial charge in [0.2, 0.25) is 0 Å². The molecule has 0 radical (unpaired) electrons. The number of carbonyl (C=O) groups is 1. The van der Waals surface area contributed by atoms with Crippen molar-refractivity contribution < 1.29 is 27.6 Å². The molecule has 0 aliphatic carbocycles. The highest BCUT2D eigenvalue weighted by Gasteiger charge is 2.28. The summed E-state index contributed by atoms with van der Waals surface area (Å²) in [6.45, 7) is 3.45. The quantitative estimate of drug-likeness (QED) is 0.493. The third-order valence-corrected chi connectivity index (χ3v) is 2.66. The third-order valence-electron chi connectivity index (χ3n) is 1.25. The molecule has 2 atom stereocenters. The van der Waals surface area contributed by atoms with Crippen molar-refractivity contribution in [3.05, 3.63) is 0 Å². The van der Waals surface area contributed by atoms with Crippen LogP contribution >= 0.6 is 0 Å². The van der Waals surface area contributed by atoms with E-state index in [1.54, 1.807) is 0 Å². The summed E-state index contributed by atoms with van der Waals surface area (Å²) in [5.74, 6) is 2.55. The molecule has 2 N–H and O–H groups in total. The van der Waals surface area contributed by atoms with Gasteiger partial charge in [0.1, 0.15) is 17.5 Å². The molecule has 16 heavy (non-hydrogen) atoms. The van der Waals surface area contributed by atoms with Crippen LogP contribution in [-0.2, 0) is 19.1 Å². The molecule has 0 aliphatic heterocycles. The molecule has 2 unspecified atom stereocenters. The Bertz CT molecular complexity index is 409. The molecule has 0 saturated carbocycles. The molecule has 0 heterocycles. The van der Waals surface area contributed by atoms with Gasteiger partial charge < -0.3 is 14.4 Å². The van der Waals surface area contributed by atoms with Gasteiger partial charge in [-0.15, -0.1) is 0 Å². The monoisotopic (exact) mass is 250 g/mol. The Morgan fingerprint density at radius 1 is 1.56 bits per heavy atom. The molecule has 0 aliphatic rings. The maximum Gasteiger partial charge on any atom is 0.319 e. The molecule has 0 fully saturated rings. The lowest BCUT2D eigenvalue weighted by molar-refractivity contribution is -0.131. The third kappa shape index (κ3) is 7.23. The topological polar surface area (TPSA) is 101 Å². The number of aliphatic hydroxyl groups is 2. The fourth-order valence-electron chi connectivity index (χ4n) is 0.848. The van der Waals surface area contributed by atoms with E-state index in [0.717, 1.165) is 13.8 Å². The van der Waals surface area contributed by atoms with Gasteiger partial charge in [-0.25, -0.2) is 0 Å². The van der Waals surface area contributed by atoms with E-state index in [1.807, 2.05) is 0 Å².